The Kier molecular flexibility index (Phi) is 3.71. The van der Waals surface area contributed by atoms with E-state index >= 15 is 0 Å². The molecular weight excluding hydrogens is 255 g/mol. The van der Waals surface area contributed by atoms with E-state index in [1.807, 2.05) is 0 Å². The van der Waals surface area contributed by atoms with Gasteiger partial charge in [-0.05, 0) is 29.8 Å². The third-order valence-electron chi connectivity index (χ3n) is 2.40. The molecule has 0 aromatic heterocycles. The molecule has 0 saturated carbocycles. The van der Waals surface area contributed by atoms with E-state index in [0.717, 1.165) is 24.3 Å². The van der Waals surface area contributed by atoms with Crippen molar-refractivity contribution in [1.29, 1.82) is 5.26 Å². The fourth-order valence-corrected chi connectivity index (χ4v) is 1.59. The van der Waals surface area contributed by atoms with E-state index in [0.29, 0.717) is 0 Å². The van der Waals surface area contributed by atoms with Crippen molar-refractivity contribution in [2.75, 3.05) is 0 Å². The molecule has 0 aliphatic rings. The lowest BCUT2D eigenvalue weighted by Crippen LogP contribution is -2.00. The predicted molar refractivity (Wildman–Crippen MR) is 61.8 cm³/mol. The maximum Gasteiger partial charge on any atom is 0.144 e. The standard InChI is InChI=1S/C14H8F3NO/c15-10-4-9(5-11(16)6-10)8-19-14-3-1-2-13(17)12(14)7-18/h1-6H,8H2. The van der Waals surface area contributed by atoms with Gasteiger partial charge in [0.15, 0.2) is 0 Å². The molecule has 2 aromatic rings. The van der Waals surface area contributed by atoms with Gasteiger partial charge in [0.25, 0.3) is 0 Å². The van der Waals surface area contributed by atoms with E-state index < -0.39 is 17.5 Å². The fourth-order valence-electron chi connectivity index (χ4n) is 1.59. The molecule has 0 aliphatic carbocycles. The van der Waals surface area contributed by atoms with Crippen LogP contribution < -0.4 is 4.74 Å². The van der Waals surface area contributed by atoms with E-state index in [9.17, 15) is 13.2 Å². The zero-order valence-corrected chi connectivity index (χ0v) is 9.66. The Bertz CT molecular complexity index is 629. The van der Waals surface area contributed by atoms with Gasteiger partial charge in [-0.15, -0.1) is 0 Å². The van der Waals surface area contributed by atoms with Gasteiger partial charge in [-0.3, -0.25) is 0 Å². The van der Waals surface area contributed by atoms with E-state index in [1.165, 1.54) is 12.1 Å². The van der Waals surface area contributed by atoms with E-state index in [-0.39, 0.29) is 23.5 Å². The molecule has 96 valence electrons. The monoisotopic (exact) mass is 263 g/mol. The maximum atomic E-state index is 13.3. The number of benzene rings is 2. The molecule has 0 bridgehead atoms. The summed E-state index contributed by atoms with van der Waals surface area (Å²) in [4.78, 5) is 0. The molecule has 5 heteroatoms. The Morgan fingerprint density at radius 1 is 1.05 bits per heavy atom. The van der Waals surface area contributed by atoms with Crippen LogP contribution in [0, 0.1) is 28.8 Å². The number of halogens is 3. The molecule has 2 aromatic carbocycles. The predicted octanol–water partition coefficient (Wildman–Crippen LogP) is 3.55. The summed E-state index contributed by atoms with van der Waals surface area (Å²) >= 11 is 0. The first-order valence-electron chi connectivity index (χ1n) is 5.36. The quantitative estimate of drug-likeness (QED) is 0.848. The van der Waals surface area contributed by atoms with Gasteiger partial charge in [0, 0.05) is 6.07 Å². The molecule has 0 amide bonds. The highest BCUT2D eigenvalue weighted by molar-refractivity contribution is 5.43. The SMILES string of the molecule is N#Cc1c(F)cccc1OCc1cc(F)cc(F)c1. The van der Waals surface area contributed by atoms with Gasteiger partial charge in [0.05, 0.1) is 0 Å². The number of rotatable bonds is 3. The number of nitriles is 1. The first-order valence-corrected chi connectivity index (χ1v) is 5.36. The first-order chi connectivity index (χ1) is 9.10. The van der Waals surface area contributed by atoms with Crippen LogP contribution in [0.4, 0.5) is 13.2 Å². The van der Waals surface area contributed by atoms with E-state index in [1.54, 1.807) is 6.07 Å². The van der Waals surface area contributed by atoms with Crippen LogP contribution in [-0.4, -0.2) is 0 Å². The lowest BCUT2D eigenvalue weighted by molar-refractivity contribution is 0.302. The summed E-state index contributed by atoms with van der Waals surface area (Å²) in [6.45, 7) is -0.160. The van der Waals surface area contributed by atoms with Gasteiger partial charge in [-0.1, -0.05) is 6.07 Å². The van der Waals surface area contributed by atoms with E-state index in [2.05, 4.69) is 0 Å². The van der Waals surface area contributed by atoms with Gasteiger partial charge < -0.3 is 4.74 Å². The maximum absolute atomic E-state index is 13.3. The zero-order chi connectivity index (χ0) is 13.8. The Labute approximate surface area is 107 Å². The van der Waals surface area contributed by atoms with Gasteiger partial charge in [0.1, 0.15) is 41.4 Å². The lowest BCUT2D eigenvalue weighted by atomic mass is 10.2. The Morgan fingerprint density at radius 2 is 1.74 bits per heavy atom. The van der Waals surface area contributed by atoms with Crippen LogP contribution in [0.5, 0.6) is 5.75 Å². The van der Waals surface area contributed by atoms with Crippen LogP contribution in [0.3, 0.4) is 0 Å². The van der Waals surface area contributed by atoms with Crippen molar-refractivity contribution in [3.63, 3.8) is 0 Å². The molecule has 0 fully saturated rings. The Balaban J connectivity index is 2.19. The minimum absolute atomic E-state index is 0.0344. The molecule has 0 unspecified atom stereocenters. The summed E-state index contributed by atoms with van der Waals surface area (Å²) in [5.41, 5.74) is 0.0185. The molecule has 0 spiro atoms. The molecule has 0 radical (unpaired) electrons. The largest absolute Gasteiger partial charge is 0.487 e. The minimum atomic E-state index is -0.724. The Morgan fingerprint density at radius 3 is 2.37 bits per heavy atom. The van der Waals surface area contributed by atoms with Crippen LogP contribution in [0.25, 0.3) is 0 Å². The van der Waals surface area contributed by atoms with E-state index in [4.69, 9.17) is 10.00 Å². The van der Waals surface area contributed by atoms with Crippen molar-refractivity contribution in [2.45, 2.75) is 6.61 Å². The zero-order valence-electron chi connectivity index (χ0n) is 9.66. The summed E-state index contributed by atoms with van der Waals surface area (Å²) in [6.07, 6.45) is 0. The molecule has 0 heterocycles. The first kappa shape index (κ1) is 13.0. The van der Waals surface area contributed by atoms with Crippen LogP contribution in [0.1, 0.15) is 11.1 Å². The molecule has 0 saturated heterocycles. The molecule has 19 heavy (non-hydrogen) atoms. The highest BCUT2D eigenvalue weighted by Gasteiger charge is 2.09. The second kappa shape index (κ2) is 5.44. The van der Waals surface area contributed by atoms with Crippen LogP contribution >= 0.6 is 0 Å². The van der Waals surface area contributed by atoms with Gasteiger partial charge >= 0.3 is 0 Å². The smallest absolute Gasteiger partial charge is 0.144 e. The third-order valence-corrected chi connectivity index (χ3v) is 2.40. The van der Waals surface area contributed by atoms with Crippen LogP contribution in [-0.2, 0) is 6.61 Å². The van der Waals surface area contributed by atoms with Crippen molar-refractivity contribution < 1.29 is 17.9 Å². The summed E-state index contributed by atoms with van der Waals surface area (Å²) in [7, 11) is 0. The summed E-state index contributed by atoms with van der Waals surface area (Å²) < 4.78 is 44.4. The average molecular weight is 263 g/mol. The number of nitrogens with zero attached hydrogens (tertiary/aromatic N) is 1. The highest BCUT2D eigenvalue weighted by atomic mass is 19.1. The summed E-state index contributed by atoms with van der Waals surface area (Å²) in [5, 5.41) is 8.79. The molecule has 2 rings (SSSR count). The third kappa shape index (κ3) is 3.05. The molecule has 0 N–H and O–H groups in total. The minimum Gasteiger partial charge on any atom is -0.487 e. The van der Waals surface area contributed by atoms with Gasteiger partial charge in [-0.25, -0.2) is 13.2 Å². The van der Waals surface area contributed by atoms with Crippen molar-refractivity contribution in [2.24, 2.45) is 0 Å². The highest BCUT2D eigenvalue weighted by Crippen LogP contribution is 2.21. The summed E-state index contributed by atoms with van der Waals surface area (Å²) in [6, 6.07) is 8.56. The second-order valence-electron chi connectivity index (χ2n) is 3.79. The van der Waals surface area contributed by atoms with Gasteiger partial charge in [-0.2, -0.15) is 5.26 Å². The van der Waals surface area contributed by atoms with Crippen LogP contribution in [0.15, 0.2) is 36.4 Å². The molecule has 2 nitrogen and oxygen atoms in total. The van der Waals surface area contributed by atoms with Gasteiger partial charge in [0.2, 0.25) is 0 Å². The van der Waals surface area contributed by atoms with Crippen molar-refractivity contribution in [1.82, 2.24) is 0 Å². The summed E-state index contributed by atoms with van der Waals surface area (Å²) in [5.74, 6) is -2.12. The number of ether oxygens (including phenoxy) is 1. The molecular formula is C14H8F3NO. The molecule has 0 aliphatic heterocycles. The fraction of sp³-hybridized carbons (Fsp3) is 0.0714. The van der Waals surface area contributed by atoms with Crippen molar-refractivity contribution >= 4 is 0 Å². The Hall–Kier alpha value is -2.48. The van der Waals surface area contributed by atoms with Crippen molar-refractivity contribution in [3.05, 3.63) is 65.0 Å². The number of hydrogen-bond donors (Lipinski definition) is 0. The number of hydrogen-bond acceptors (Lipinski definition) is 2. The second-order valence-corrected chi connectivity index (χ2v) is 3.79. The normalized spacial score (nSPS) is 10.0. The molecule has 0 atom stereocenters. The average Bonchev–Trinajstić information content (AvgIpc) is 2.35. The van der Waals surface area contributed by atoms with Crippen molar-refractivity contribution in [3.8, 4) is 11.8 Å². The topological polar surface area (TPSA) is 33.0 Å². The lowest BCUT2D eigenvalue weighted by Gasteiger charge is -2.08. The van der Waals surface area contributed by atoms with Crippen LogP contribution in [0.2, 0.25) is 0 Å².